The number of nitrogens with one attached hydrogen (secondary N) is 2. The maximum Gasteiger partial charge on any atom is 0.253 e. The number of hydrogen-bond acceptors (Lipinski definition) is 5. The number of ether oxygens (including phenoxy) is 2. The molecule has 130 valence electrons. The average molecular weight is 356 g/mol. The van der Waals surface area contributed by atoms with Crippen LogP contribution in [0.1, 0.15) is 5.56 Å². The molecule has 0 aliphatic heterocycles. The molecule has 0 fully saturated rings. The van der Waals surface area contributed by atoms with Crippen LogP contribution in [0.4, 0.5) is 5.69 Å². The number of benzene rings is 2. The second kappa shape index (κ2) is 7.53. The fourth-order valence-corrected chi connectivity index (χ4v) is 3.02. The molecule has 0 saturated heterocycles. The van der Waals surface area contributed by atoms with E-state index in [2.05, 4.69) is 22.4 Å². The first-order valence-corrected chi connectivity index (χ1v) is 9.03. The van der Waals surface area contributed by atoms with Gasteiger partial charge >= 0.3 is 0 Å². The largest absolute Gasteiger partial charge is 0.493 e. The number of fused-ring (bicyclic) bond motifs is 1. The molecule has 0 aliphatic carbocycles. The fourth-order valence-electron chi connectivity index (χ4n) is 2.62. The number of H-pyrrole nitrogens is 1. The topological polar surface area (TPSA) is 63.3 Å². The number of hydrogen-bond donors (Lipinski definition) is 2. The first kappa shape index (κ1) is 17.2. The number of aromatic nitrogens is 1. The maximum absolute atomic E-state index is 12.3. The first-order chi connectivity index (χ1) is 12.1. The molecular formula is C19H20N2O3S. The number of anilines is 1. The van der Waals surface area contributed by atoms with E-state index in [1.165, 1.54) is 4.90 Å². The van der Waals surface area contributed by atoms with E-state index in [-0.39, 0.29) is 5.56 Å². The molecule has 0 amide bonds. The molecule has 0 radical (unpaired) electrons. The van der Waals surface area contributed by atoms with E-state index in [1.807, 2.05) is 30.5 Å². The molecule has 0 atom stereocenters. The highest BCUT2D eigenvalue weighted by Gasteiger charge is 2.09. The van der Waals surface area contributed by atoms with Gasteiger partial charge in [-0.1, -0.05) is 0 Å². The van der Waals surface area contributed by atoms with Crippen molar-refractivity contribution in [2.45, 2.75) is 11.4 Å². The Morgan fingerprint density at radius 2 is 1.72 bits per heavy atom. The minimum absolute atomic E-state index is 0.118. The lowest BCUT2D eigenvalue weighted by Crippen LogP contribution is -2.15. The van der Waals surface area contributed by atoms with E-state index < -0.39 is 0 Å². The molecule has 0 saturated carbocycles. The molecular weight excluding hydrogens is 336 g/mol. The monoisotopic (exact) mass is 356 g/mol. The number of methoxy groups -OCH3 is 2. The van der Waals surface area contributed by atoms with Gasteiger partial charge in [0.15, 0.2) is 11.5 Å². The molecule has 0 spiro atoms. The predicted molar refractivity (Wildman–Crippen MR) is 103 cm³/mol. The summed E-state index contributed by atoms with van der Waals surface area (Å²) in [5, 5.41) is 4.18. The van der Waals surface area contributed by atoms with Crippen molar-refractivity contribution < 1.29 is 9.47 Å². The Morgan fingerprint density at radius 1 is 1.04 bits per heavy atom. The number of pyridine rings is 1. The standard InChI is InChI=1S/C19H20N2O3S/c1-23-17-9-12-8-13(19(22)21-16(12)10-18(17)24-2)11-20-14-4-6-15(25-3)7-5-14/h4-10,20H,11H2,1-3H3,(H,21,22). The van der Waals surface area contributed by atoms with Crippen molar-refractivity contribution in [1.29, 1.82) is 0 Å². The van der Waals surface area contributed by atoms with Gasteiger partial charge in [-0.3, -0.25) is 4.79 Å². The lowest BCUT2D eigenvalue weighted by atomic mass is 10.1. The van der Waals surface area contributed by atoms with Crippen molar-refractivity contribution >= 4 is 28.4 Å². The van der Waals surface area contributed by atoms with Gasteiger partial charge in [-0.05, 0) is 42.7 Å². The number of thioether (sulfide) groups is 1. The van der Waals surface area contributed by atoms with Crippen molar-refractivity contribution in [2.75, 3.05) is 25.8 Å². The number of rotatable bonds is 6. The van der Waals surface area contributed by atoms with Gasteiger partial charge in [-0.2, -0.15) is 0 Å². The third-order valence-corrected chi connectivity index (χ3v) is 4.74. The summed E-state index contributed by atoms with van der Waals surface area (Å²) in [6, 6.07) is 13.6. The zero-order valence-corrected chi connectivity index (χ0v) is 15.2. The maximum atomic E-state index is 12.3. The average Bonchev–Trinajstić information content (AvgIpc) is 2.65. The summed E-state index contributed by atoms with van der Waals surface area (Å²) >= 11 is 1.70. The highest BCUT2D eigenvalue weighted by molar-refractivity contribution is 7.98. The van der Waals surface area contributed by atoms with Crippen LogP contribution in [0.5, 0.6) is 11.5 Å². The lowest BCUT2D eigenvalue weighted by molar-refractivity contribution is 0.356. The van der Waals surface area contributed by atoms with Crippen LogP contribution in [0.25, 0.3) is 10.9 Å². The quantitative estimate of drug-likeness (QED) is 0.656. The summed E-state index contributed by atoms with van der Waals surface area (Å²) in [5.41, 5.74) is 2.24. The Morgan fingerprint density at radius 3 is 2.36 bits per heavy atom. The smallest absolute Gasteiger partial charge is 0.253 e. The van der Waals surface area contributed by atoms with E-state index in [4.69, 9.17) is 9.47 Å². The van der Waals surface area contributed by atoms with E-state index in [0.29, 0.717) is 23.6 Å². The molecule has 2 N–H and O–H groups in total. The zero-order chi connectivity index (χ0) is 17.8. The van der Waals surface area contributed by atoms with Gasteiger partial charge < -0.3 is 19.8 Å². The summed E-state index contributed by atoms with van der Waals surface area (Å²) in [6.45, 7) is 0.443. The minimum Gasteiger partial charge on any atom is -0.493 e. The molecule has 6 heteroatoms. The third-order valence-electron chi connectivity index (χ3n) is 4.00. The molecule has 2 aromatic carbocycles. The van der Waals surface area contributed by atoms with Gasteiger partial charge in [0.2, 0.25) is 0 Å². The van der Waals surface area contributed by atoms with E-state index in [0.717, 1.165) is 16.6 Å². The van der Waals surface area contributed by atoms with Crippen LogP contribution in [0, 0.1) is 0 Å². The van der Waals surface area contributed by atoms with Gasteiger partial charge in [0, 0.05) is 34.1 Å². The molecule has 3 rings (SSSR count). The van der Waals surface area contributed by atoms with Gasteiger partial charge in [-0.15, -0.1) is 11.8 Å². The highest BCUT2D eigenvalue weighted by Crippen LogP contribution is 2.31. The normalized spacial score (nSPS) is 10.7. The molecule has 25 heavy (non-hydrogen) atoms. The van der Waals surface area contributed by atoms with E-state index in [1.54, 1.807) is 32.0 Å². The molecule has 0 aliphatic rings. The van der Waals surface area contributed by atoms with Crippen LogP contribution < -0.4 is 20.3 Å². The fraction of sp³-hybridized carbons (Fsp3) is 0.211. The molecule has 0 unspecified atom stereocenters. The first-order valence-electron chi connectivity index (χ1n) is 7.80. The van der Waals surface area contributed by atoms with Crippen LogP contribution in [0.15, 0.2) is 52.2 Å². The molecule has 1 heterocycles. The Kier molecular flexibility index (Phi) is 5.19. The summed E-state index contributed by atoms with van der Waals surface area (Å²) in [7, 11) is 3.17. The van der Waals surface area contributed by atoms with Crippen LogP contribution in [-0.4, -0.2) is 25.5 Å². The molecule has 5 nitrogen and oxygen atoms in total. The van der Waals surface area contributed by atoms with Gasteiger partial charge in [0.25, 0.3) is 5.56 Å². The second-order valence-corrected chi connectivity index (χ2v) is 6.38. The van der Waals surface area contributed by atoms with Crippen LogP contribution in [0.2, 0.25) is 0 Å². The van der Waals surface area contributed by atoms with Gasteiger partial charge in [0.1, 0.15) is 0 Å². The van der Waals surface area contributed by atoms with Crippen LogP contribution >= 0.6 is 11.8 Å². The van der Waals surface area contributed by atoms with Gasteiger partial charge in [0.05, 0.1) is 19.7 Å². The Balaban J connectivity index is 1.87. The van der Waals surface area contributed by atoms with Crippen molar-refractivity contribution in [3.05, 3.63) is 58.4 Å². The second-order valence-electron chi connectivity index (χ2n) is 5.50. The molecule has 1 aromatic heterocycles. The summed E-state index contributed by atoms with van der Waals surface area (Å²) in [6.07, 6.45) is 2.04. The van der Waals surface area contributed by atoms with E-state index >= 15 is 0 Å². The SMILES string of the molecule is COc1cc2cc(CNc3ccc(SC)cc3)c(=O)[nH]c2cc1OC. The Hall–Kier alpha value is -2.60. The number of aromatic amines is 1. The van der Waals surface area contributed by atoms with Crippen molar-refractivity contribution in [3.63, 3.8) is 0 Å². The Bertz CT molecular complexity index is 936. The molecule has 3 aromatic rings. The van der Waals surface area contributed by atoms with E-state index in [9.17, 15) is 4.79 Å². The summed E-state index contributed by atoms with van der Waals surface area (Å²) in [4.78, 5) is 16.4. The summed E-state index contributed by atoms with van der Waals surface area (Å²) in [5.74, 6) is 1.22. The van der Waals surface area contributed by atoms with Gasteiger partial charge in [-0.25, -0.2) is 0 Å². The minimum atomic E-state index is -0.118. The summed E-state index contributed by atoms with van der Waals surface area (Å²) < 4.78 is 10.6. The third kappa shape index (κ3) is 3.74. The predicted octanol–water partition coefficient (Wildman–Crippen LogP) is 3.88. The Labute approximate surface area is 150 Å². The lowest BCUT2D eigenvalue weighted by Gasteiger charge is -2.11. The molecule has 0 bridgehead atoms. The van der Waals surface area contributed by atoms with Crippen molar-refractivity contribution in [2.24, 2.45) is 0 Å². The van der Waals surface area contributed by atoms with Crippen LogP contribution in [-0.2, 0) is 6.54 Å². The highest BCUT2D eigenvalue weighted by atomic mass is 32.2. The van der Waals surface area contributed by atoms with Crippen molar-refractivity contribution in [3.8, 4) is 11.5 Å². The van der Waals surface area contributed by atoms with Crippen molar-refractivity contribution in [1.82, 2.24) is 4.98 Å². The zero-order valence-electron chi connectivity index (χ0n) is 14.4. The van der Waals surface area contributed by atoms with Crippen LogP contribution in [0.3, 0.4) is 0 Å².